The third-order valence-corrected chi connectivity index (χ3v) is 5.92. The van der Waals surface area contributed by atoms with E-state index in [0.29, 0.717) is 12.1 Å². The zero-order valence-electron chi connectivity index (χ0n) is 23.3. The lowest BCUT2D eigenvalue weighted by atomic mass is 10.1. The van der Waals surface area contributed by atoms with Crippen LogP contribution < -0.4 is 15.5 Å². The Kier molecular flexibility index (Phi) is 14.2. The Morgan fingerprint density at radius 3 is 1.31 bits per heavy atom. The van der Waals surface area contributed by atoms with Crippen LogP contribution in [0.5, 0.6) is 0 Å². The van der Waals surface area contributed by atoms with Crippen molar-refractivity contribution in [1.82, 2.24) is 0 Å². The molecule has 0 aliphatic heterocycles. The van der Waals surface area contributed by atoms with Gasteiger partial charge in [-0.3, -0.25) is 0 Å². The minimum absolute atomic E-state index is 0.485. The molecule has 196 valence electrons. The van der Waals surface area contributed by atoms with Gasteiger partial charge in [-0.1, -0.05) is 81.8 Å². The van der Waals surface area contributed by atoms with Crippen LogP contribution in [-0.4, -0.2) is 18.6 Å². The summed E-state index contributed by atoms with van der Waals surface area (Å²) in [5, 5.41) is 6.71. The molecular formula is C33H49N3. The van der Waals surface area contributed by atoms with E-state index in [1.54, 1.807) is 0 Å². The molecule has 3 rings (SSSR count). The molecular weight excluding hydrogens is 438 g/mol. The first-order chi connectivity index (χ1) is 17.5. The van der Waals surface area contributed by atoms with Gasteiger partial charge >= 0.3 is 0 Å². The molecule has 0 radical (unpaired) electrons. The fourth-order valence-electron chi connectivity index (χ4n) is 4.18. The minimum Gasteiger partial charge on any atom is -0.383 e. The van der Waals surface area contributed by atoms with Gasteiger partial charge in [-0.2, -0.15) is 0 Å². The first-order valence-corrected chi connectivity index (χ1v) is 14.0. The van der Waals surface area contributed by atoms with Crippen molar-refractivity contribution in [2.75, 3.05) is 22.1 Å². The van der Waals surface area contributed by atoms with E-state index in [1.165, 1.54) is 67.7 Å². The molecule has 0 atom stereocenters. The van der Waals surface area contributed by atoms with Crippen LogP contribution in [0.3, 0.4) is 0 Å². The van der Waals surface area contributed by atoms with E-state index < -0.39 is 0 Å². The first kappa shape index (κ1) is 29.3. The molecule has 0 aliphatic rings. The summed E-state index contributed by atoms with van der Waals surface area (Å²) < 4.78 is 0. The molecule has 3 heteroatoms. The lowest BCUT2D eigenvalue weighted by Gasteiger charge is -2.25. The molecule has 0 aliphatic carbocycles. The lowest BCUT2D eigenvalue weighted by Crippen LogP contribution is -2.18. The maximum absolute atomic E-state index is 3.36. The number of nitrogens with one attached hydrogen (secondary N) is 2. The summed E-state index contributed by atoms with van der Waals surface area (Å²) in [5.41, 5.74) is 4.93. The standard InChI is InChI=1S/C21H29N.C12H20N2/c1-2-3-4-5-6-7-14-19-22(20-15-10-8-11-16-20)21-17-12-9-13-18-21;1-9(2)13-11-5-7-12(8-6-11)14-10(3)4/h8-13,15-18H,2-7,14,19H2,1H3;5-10,13-14H,1-4H3. The van der Waals surface area contributed by atoms with E-state index in [2.05, 4.69) is 135 Å². The van der Waals surface area contributed by atoms with Gasteiger partial charge in [0.15, 0.2) is 0 Å². The smallest absolute Gasteiger partial charge is 0.0410 e. The molecule has 0 unspecified atom stereocenters. The molecule has 3 nitrogen and oxygen atoms in total. The van der Waals surface area contributed by atoms with Crippen LogP contribution in [0.25, 0.3) is 0 Å². The van der Waals surface area contributed by atoms with E-state index in [0.717, 1.165) is 6.54 Å². The Balaban J connectivity index is 0.000000281. The number of unbranched alkanes of at least 4 members (excludes halogenated alkanes) is 6. The summed E-state index contributed by atoms with van der Waals surface area (Å²) in [4.78, 5) is 2.44. The number of nitrogens with zero attached hydrogens (tertiary/aromatic N) is 1. The van der Waals surface area contributed by atoms with Crippen LogP contribution in [0.15, 0.2) is 84.9 Å². The second-order valence-corrected chi connectivity index (χ2v) is 10.1. The largest absolute Gasteiger partial charge is 0.383 e. The number of benzene rings is 3. The molecule has 3 aromatic carbocycles. The van der Waals surface area contributed by atoms with Gasteiger partial charge in [0.25, 0.3) is 0 Å². The quantitative estimate of drug-likeness (QED) is 0.221. The zero-order valence-corrected chi connectivity index (χ0v) is 23.3. The number of hydrogen-bond donors (Lipinski definition) is 2. The highest BCUT2D eigenvalue weighted by atomic mass is 15.1. The highest BCUT2D eigenvalue weighted by Crippen LogP contribution is 2.25. The lowest BCUT2D eigenvalue weighted by molar-refractivity contribution is 0.591. The zero-order chi connectivity index (χ0) is 26.0. The molecule has 0 amide bonds. The van der Waals surface area contributed by atoms with Crippen molar-refractivity contribution in [3.63, 3.8) is 0 Å². The van der Waals surface area contributed by atoms with Gasteiger partial charge in [0.05, 0.1) is 0 Å². The molecule has 0 bridgehead atoms. The maximum atomic E-state index is 3.36. The van der Waals surface area contributed by atoms with E-state index in [9.17, 15) is 0 Å². The molecule has 0 saturated carbocycles. The average molecular weight is 488 g/mol. The Labute approximate surface area is 221 Å². The van der Waals surface area contributed by atoms with Crippen molar-refractivity contribution in [3.8, 4) is 0 Å². The van der Waals surface area contributed by atoms with Gasteiger partial charge in [-0.25, -0.2) is 0 Å². The van der Waals surface area contributed by atoms with Crippen molar-refractivity contribution >= 4 is 22.7 Å². The van der Waals surface area contributed by atoms with E-state index in [1.807, 2.05) is 0 Å². The van der Waals surface area contributed by atoms with E-state index in [4.69, 9.17) is 0 Å². The summed E-state index contributed by atoms with van der Waals surface area (Å²) in [5.74, 6) is 0. The SMILES string of the molecule is CC(C)Nc1ccc(NC(C)C)cc1.CCCCCCCCCN(c1ccccc1)c1ccccc1. The maximum Gasteiger partial charge on any atom is 0.0410 e. The molecule has 2 N–H and O–H groups in total. The third kappa shape index (κ3) is 12.2. The predicted molar refractivity (Wildman–Crippen MR) is 162 cm³/mol. The summed E-state index contributed by atoms with van der Waals surface area (Å²) in [6.07, 6.45) is 9.48. The number of para-hydroxylation sites is 2. The van der Waals surface area contributed by atoms with Crippen molar-refractivity contribution < 1.29 is 0 Å². The fourth-order valence-corrected chi connectivity index (χ4v) is 4.18. The second-order valence-electron chi connectivity index (χ2n) is 10.1. The van der Waals surface area contributed by atoms with Crippen molar-refractivity contribution in [1.29, 1.82) is 0 Å². The number of hydrogen-bond acceptors (Lipinski definition) is 3. The average Bonchev–Trinajstić information content (AvgIpc) is 2.88. The number of rotatable bonds is 14. The minimum atomic E-state index is 0.485. The van der Waals surface area contributed by atoms with Crippen LogP contribution in [0.2, 0.25) is 0 Å². The summed E-state index contributed by atoms with van der Waals surface area (Å²) >= 11 is 0. The van der Waals surface area contributed by atoms with Crippen LogP contribution in [0.1, 0.15) is 79.6 Å². The third-order valence-electron chi connectivity index (χ3n) is 5.92. The van der Waals surface area contributed by atoms with Crippen LogP contribution in [0.4, 0.5) is 22.7 Å². The van der Waals surface area contributed by atoms with Crippen molar-refractivity contribution in [2.24, 2.45) is 0 Å². The summed E-state index contributed by atoms with van der Waals surface area (Å²) in [7, 11) is 0. The molecule has 0 aromatic heterocycles. The van der Waals surface area contributed by atoms with Crippen LogP contribution in [0, 0.1) is 0 Å². The normalized spacial score (nSPS) is 10.6. The highest BCUT2D eigenvalue weighted by molar-refractivity contribution is 5.62. The topological polar surface area (TPSA) is 27.3 Å². The van der Waals surface area contributed by atoms with Gasteiger partial charge in [-0.05, 0) is 82.6 Å². The van der Waals surface area contributed by atoms with Gasteiger partial charge in [-0.15, -0.1) is 0 Å². The molecule has 0 fully saturated rings. The van der Waals surface area contributed by atoms with Gasteiger partial charge in [0, 0.05) is 41.4 Å². The molecule has 0 saturated heterocycles. The van der Waals surface area contributed by atoms with Crippen LogP contribution >= 0.6 is 0 Å². The summed E-state index contributed by atoms with van der Waals surface area (Å²) in [6, 6.07) is 30.8. The van der Waals surface area contributed by atoms with E-state index >= 15 is 0 Å². The second kappa shape index (κ2) is 17.5. The summed E-state index contributed by atoms with van der Waals surface area (Å²) in [6.45, 7) is 11.9. The number of anilines is 4. The predicted octanol–water partition coefficient (Wildman–Crippen LogP) is 9.90. The van der Waals surface area contributed by atoms with Crippen LogP contribution in [-0.2, 0) is 0 Å². The molecule has 3 aromatic rings. The van der Waals surface area contributed by atoms with E-state index in [-0.39, 0.29) is 0 Å². The van der Waals surface area contributed by atoms with Crippen molar-refractivity contribution in [2.45, 2.75) is 91.6 Å². The monoisotopic (exact) mass is 487 g/mol. The Hall–Kier alpha value is -2.94. The Bertz CT molecular complexity index is 836. The van der Waals surface area contributed by atoms with Gasteiger partial charge in [0.1, 0.15) is 0 Å². The first-order valence-electron chi connectivity index (χ1n) is 14.0. The highest BCUT2D eigenvalue weighted by Gasteiger charge is 2.08. The molecule has 36 heavy (non-hydrogen) atoms. The molecule has 0 spiro atoms. The van der Waals surface area contributed by atoms with Crippen molar-refractivity contribution in [3.05, 3.63) is 84.9 Å². The van der Waals surface area contributed by atoms with Gasteiger partial charge in [0.2, 0.25) is 0 Å². The molecule has 0 heterocycles. The fraction of sp³-hybridized carbons (Fsp3) is 0.455. The van der Waals surface area contributed by atoms with Gasteiger partial charge < -0.3 is 15.5 Å². The Morgan fingerprint density at radius 2 is 0.917 bits per heavy atom. The Morgan fingerprint density at radius 1 is 0.528 bits per heavy atom.